The molecule has 0 aliphatic carbocycles. The molecule has 0 unspecified atom stereocenters. The van der Waals surface area contributed by atoms with E-state index in [9.17, 15) is 4.79 Å². The second-order valence-electron chi connectivity index (χ2n) is 7.59. The smallest absolute Gasteiger partial charge is 0.236 e. The maximum absolute atomic E-state index is 12.9. The van der Waals surface area contributed by atoms with E-state index in [1.165, 1.54) is 25.0 Å². The fourth-order valence-electron chi connectivity index (χ4n) is 3.57. The Morgan fingerprint density at radius 3 is 2.50 bits per heavy atom. The number of allylic oxidation sites excluding steroid dienone is 1. The molecule has 26 heavy (non-hydrogen) atoms. The zero-order valence-corrected chi connectivity index (χ0v) is 17.7. The lowest BCUT2D eigenvalue weighted by atomic mass is 9.97. The average molecular weight is 364 g/mol. The second kappa shape index (κ2) is 14.0. The molecule has 1 aliphatic heterocycles. The lowest BCUT2D eigenvalue weighted by Crippen LogP contribution is -2.47. The fraction of sp³-hybridized carbons (Fsp3) is 0.818. The summed E-state index contributed by atoms with van der Waals surface area (Å²) in [5.74, 6) is 0.332. The molecular weight excluding hydrogens is 322 g/mol. The SMILES string of the molecule is C/C=C\N=C(C)CC[C@H]1CCCCN1CC(=O)N(CCCC)CCCC. The van der Waals surface area contributed by atoms with Crippen LogP contribution in [0.2, 0.25) is 0 Å². The van der Waals surface area contributed by atoms with Gasteiger partial charge in [-0.15, -0.1) is 0 Å². The number of hydrogen-bond donors (Lipinski definition) is 0. The van der Waals surface area contributed by atoms with E-state index in [0.29, 0.717) is 18.5 Å². The van der Waals surface area contributed by atoms with Crippen LogP contribution in [0.1, 0.15) is 85.5 Å². The number of carbonyl (C=O) groups is 1. The Bertz CT molecular complexity index is 437. The number of nitrogens with zero attached hydrogens (tertiary/aromatic N) is 3. The van der Waals surface area contributed by atoms with Gasteiger partial charge in [0.2, 0.25) is 5.91 Å². The third-order valence-electron chi connectivity index (χ3n) is 5.29. The van der Waals surface area contributed by atoms with Gasteiger partial charge in [-0.25, -0.2) is 0 Å². The second-order valence-corrected chi connectivity index (χ2v) is 7.59. The van der Waals surface area contributed by atoms with Crippen molar-refractivity contribution < 1.29 is 4.79 Å². The highest BCUT2D eigenvalue weighted by molar-refractivity contribution is 5.82. The summed E-state index contributed by atoms with van der Waals surface area (Å²) in [6, 6.07) is 0.530. The lowest BCUT2D eigenvalue weighted by Gasteiger charge is -2.36. The quantitative estimate of drug-likeness (QED) is 0.455. The van der Waals surface area contributed by atoms with Gasteiger partial charge < -0.3 is 4.90 Å². The summed E-state index contributed by atoms with van der Waals surface area (Å²) in [4.78, 5) is 21.9. The first-order valence-electron chi connectivity index (χ1n) is 10.8. The van der Waals surface area contributed by atoms with Crippen LogP contribution in [0.3, 0.4) is 0 Å². The summed E-state index contributed by atoms with van der Waals surface area (Å²) < 4.78 is 0. The molecular formula is C22H41N3O. The molecule has 1 heterocycles. The average Bonchev–Trinajstić information content (AvgIpc) is 2.65. The Morgan fingerprint density at radius 2 is 1.88 bits per heavy atom. The van der Waals surface area contributed by atoms with Gasteiger partial charge in [-0.05, 0) is 58.9 Å². The number of carbonyl (C=O) groups excluding carboxylic acids is 1. The molecule has 150 valence electrons. The number of amides is 1. The van der Waals surface area contributed by atoms with E-state index < -0.39 is 0 Å². The van der Waals surface area contributed by atoms with Crippen LogP contribution in [-0.4, -0.2) is 53.6 Å². The van der Waals surface area contributed by atoms with E-state index in [2.05, 4.69) is 35.6 Å². The van der Waals surface area contributed by atoms with Crippen molar-refractivity contribution in [3.8, 4) is 0 Å². The highest BCUT2D eigenvalue weighted by atomic mass is 16.2. The first-order chi connectivity index (χ1) is 12.6. The molecule has 0 radical (unpaired) electrons. The van der Waals surface area contributed by atoms with Crippen molar-refractivity contribution in [1.82, 2.24) is 9.80 Å². The Labute approximate surface area is 161 Å². The third-order valence-corrected chi connectivity index (χ3v) is 5.29. The molecule has 4 nitrogen and oxygen atoms in total. The van der Waals surface area contributed by atoms with Crippen molar-refractivity contribution in [2.75, 3.05) is 26.2 Å². The number of piperidine rings is 1. The number of unbranched alkanes of at least 4 members (excludes halogenated alkanes) is 2. The van der Waals surface area contributed by atoms with E-state index in [0.717, 1.165) is 58.2 Å². The molecule has 1 saturated heterocycles. The molecule has 1 atom stereocenters. The van der Waals surface area contributed by atoms with Crippen molar-refractivity contribution in [1.29, 1.82) is 0 Å². The van der Waals surface area contributed by atoms with Crippen molar-refractivity contribution in [3.05, 3.63) is 12.3 Å². The molecule has 0 bridgehead atoms. The highest BCUT2D eigenvalue weighted by Crippen LogP contribution is 2.21. The number of hydrogen-bond acceptors (Lipinski definition) is 3. The van der Waals surface area contributed by atoms with Crippen LogP contribution in [0.15, 0.2) is 17.3 Å². The molecule has 0 N–H and O–H groups in total. The maximum atomic E-state index is 12.9. The minimum absolute atomic E-state index is 0.332. The minimum atomic E-state index is 0.332. The molecule has 1 rings (SSSR count). The topological polar surface area (TPSA) is 35.9 Å². The summed E-state index contributed by atoms with van der Waals surface area (Å²) in [5, 5.41) is 0. The van der Waals surface area contributed by atoms with Gasteiger partial charge in [0.05, 0.1) is 6.54 Å². The molecule has 4 heteroatoms. The van der Waals surface area contributed by atoms with Crippen molar-refractivity contribution >= 4 is 11.6 Å². The van der Waals surface area contributed by atoms with Gasteiger partial charge in [0.1, 0.15) is 0 Å². The molecule has 1 fully saturated rings. The third kappa shape index (κ3) is 8.98. The van der Waals surface area contributed by atoms with E-state index in [1.54, 1.807) is 0 Å². The van der Waals surface area contributed by atoms with Gasteiger partial charge in [0.15, 0.2) is 0 Å². The summed E-state index contributed by atoms with van der Waals surface area (Å²) in [7, 11) is 0. The van der Waals surface area contributed by atoms with E-state index >= 15 is 0 Å². The maximum Gasteiger partial charge on any atom is 0.236 e. The Kier molecular flexibility index (Phi) is 12.3. The highest BCUT2D eigenvalue weighted by Gasteiger charge is 2.25. The Balaban J connectivity index is 2.59. The zero-order valence-electron chi connectivity index (χ0n) is 17.7. The molecule has 1 amide bonds. The number of likely N-dealkylation sites (tertiary alicyclic amines) is 1. The predicted molar refractivity (Wildman–Crippen MR) is 113 cm³/mol. The van der Waals surface area contributed by atoms with E-state index in [-0.39, 0.29) is 0 Å². The van der Waals surface area contributed by atoms with Crippen LogP contribution in [0.25, 0.3) is 0 Å². The van der Waals surface area contributed by atoms with Gasteiger partial charge >= 0.3 is 0 Å². The van der Waals surface area contributed by atoms with E-state index in [4.69, 9.17) is 0 Å². The normalized spacial score (nSPS) is 19.2. The van der Waals surface area contributed by atoms with Crippen LogP contribution >= 0.6 is 0 Å². The Hall–Kier alpha value is -1.16. The van der Waals surface area contributed by atoms with Crippen molar-refractivity contribution in [2.24, 2.45) is 4.99 Å². The first-order valence-corrected chi connectivity index (χ1v) is 10.8. The van der Waals surface area contributed by atoms with Crippen LogP contribution < -0.4 is 0 Å². The summed E-state index contributed by atoms with van der Waals surface area (Å²) in [5.41, 5.74) is 1.19. The standard InChI is InChI=1S/C22H41N3O/c1-5-8-16-24(17-9-6-2)22(26)19-25-18-11-10-12-21(25)14-13-20(4)23-15-7-3/h7,15,21H,5-6,8-14,16-19H2,1-4H3/b15-7-,23-20?/t21-/m1/s1. The minimum Gasteiger partial charge on any atom is -0.342 e. The largest absolute Gasteiger partial charge is 0.342 e. The fourth-order valence-corrected chi connectivity index (χ4v) is 3.57. The number of aliphatic imine (C=N–C) groups is 1. The summed E-state index contributed by atoms with van der Waals surface area (Å²) in [6.45, 7) is 12.0. The zero-order chi connectivity index (χ0) is 19.2. The Morgan fingerprint density at radius 1 is 1.19 bits per heavy atom. The molecule has 0 aromatic carbocycles. The van der Waals surface area contributed by atoms with Gasteiger partial charge in [-0.2, -0.15) is 0 Å². The lowest BCUT2D eigenvalue weighted by molar-refractivity contribution is -0.133. The van der Waals surface area contributed by atoms with Crippen molar-refractivity contribution in [3.63, 3.8) is 0 Å². The molecule has 0 aromatic rings. The van der Waals surface area contributed by atoms with Crippen LogP contribution in [-0.2, 0) is 4.79 Å². The van der Waals surface area contributed by atoms with Crippen LogP contribution in [0, 0.1) is 0 Å². The summed E-state index contributed by atoms with van der Waals surface area (Å²) >= 11 is 0. The summed E-state index contributed by atoms with van der Waals surface area (Å²) in [6.07, 6.45) is 14.2. The van der Waals surface area contributed by atoms with Gasteiger partial charge in [0, 0.05) is 31.0 Å². The molecule has 0 aromatic heterocycles. The van der Waals surface area contributed by atoms with Crippen LogP contribution in [0.5, 0.6) is 0 Å². The van der Waals surface area contributed by atoms with E-state index in [1.807, 2.05) is 19.2 Å². The van der Waals surface area contributed by atoms with Crippen LogP contribution in [0.4, 0.5) is 0 Å². The predicted octanol–water partition coefficient (Wildman–Crippen LogP) is 5.04. The molecule has 0 spiro atoms. The van der Waals surface area contributed by atoms with Gasteiger partial charge in [-0.1, -0.05) is 39.2 Å². The van der Waals surface area contributed by atoms with Crippen molar-refractivity contribution in [2.45, 2.75) is 91.5 Å². The van der Waals surface area contributed by atoms with Gasteiger partial charge in [-0.3, -0.25) is 14.7 Å². The molecule has 0 saturated carbocycles. The monoisotopic (exact) mass is 363 g/mol. The molecule has 1 aliphatic rings. The first kappa shape index (κ1) is 22.9. The van der Waals surface area contributed by atoms with Gasteiger partial charge in [0.25, 0.3) is 0 Å². The number of rotatable bonds is 12.